The average Bonchev–Trinajstić information content (AvgIpc) is 2.62. The lowest BCUT2D eigenvalue weighted by Gasteiger charge is -2.32. The van der Waals surface area contributed by atoms with Crippen molar-refractivity contribution in [3.63, 3.8) is 0 Å². The maximum atomic E-state index is 13.1. The van der Waals surface area contributed by atoms with E-state index in [1.54, 1.807) is 12.1 Å². The zero-order chi connectivity index (χ0) is 18.7. The van der Waals surface area contributed by atoms with Crippen molar-refractivity contribution in [1.29, 1.82) is 0 Å². The summed E-state index contributed by atoms with van der Waals surface area (Å²) >= 11 is 5.93. The minimum atomic E-state index is -3.81. The Hall–Kier alpha value is -2.00. The summed E-state index contributed by atoms with van der Waals surface area (Å²) in [6, 6.07) is 11.6. The molecule has 138 valence electrons. The number of hydrogen-bond donors (Lipinski definition) is 1. The van der Waals surface area contributed by atoms with Crippen LogP contribution in [0.25, 0.3) is 0 Å². The van der Waals surface area contributed by atoms with Gasteiger partial charge in [0.15, 0.2) is 0 Å². The average molecular weight is 399 g/mol. The minimum Gasteiger partial charge on any atom is -0.365 e. The number of sulfonamides is 1. The number of anilines is 1. The minimum absolute atomic E-state index is 0.0241. The second kappa shape index (κ2) is 7.71. The molecule has 9 heteroatoms. The van der Waals surface area contributed by atoms with Crippen molar-refractivity contribution in [2.75, 3.05) is 24.6 Å². The number of rotatable bonds is 5. The molecule has 26 heavy (non-hydrogen) atoms. The lowest BCUT2D eigenvalue weighted by atomic mass is 10.2. The summed E-state index contributed by atoms with van der Waals surface area (Å²) in [5.74, 6) is -0.680. The standard InChI is InChI=1S/C17H16ClFN2O4S/c18-15-3-1-2-4-16(15)26(23,24)20-9-14-10-21(17(22)11-25-14)13-7-5-12(19)6-8-13/h1-8,14,20H,9-11H2. The van der Waals surface area contributed by atoms with Crippen LogP contribution in [-0.4, -0.2) is 40.1 Å². The normalized spacial score (nSPS) is 18.2. The number of hydrogen-bond acceptors (Lipinski definition) is 4. The monoisotopic (exact) mass is 398 g/mol. The van der Waals surface area contributed by atoms with Crippen LogP contribution in [0, 0.1) is 5.82 Å². The molecule has 2 aromatic carbocycles. The molecule has 0 aromatic heterocycles. The maximum Gasteiger partial charge on any atom is 0.253 e. The van der Waals surface area contributed by atoms with Crippen LogP contribution in [0.4, 0.5) is 10.1 Å². The molecular formula is C17H16ClFN2O4S. The Balaban J connectivity index is 1.68. The van der Waals surface area contributed by atoms with Gasteiger partial charge in [0.2, 0.25) is 10.0 Å². The first kappa shape index (κ1) is 18.8. The first-order valence-electron chi connectivity index (χ1n) is 7.78. The van der Waals surface area contributed by atoms with Gasteiger partial charge in [0, 0.05) is 12.2 Å². The Bertz CT molecular complexity index is 905. The zero-order valence-corrected chi connectivity index (χ0v) is 15.1. The Morgan fingerprint density at radius 2 is 1.88 bits per heavy atom. The van der Waals surface area contributed by atoms with Gasteiger partial charge in [0.25, 0.3) is 5.91 Å². The highest BCUT2D eigenvalue weighted by Gasteiger charge is 2.29. The second-order valence-corrected chi connectivity index (χ2v) is 7.84. The second-order valence-electron chi connectivity index (χ2n) is 5.70. The van der Waals surface area contributed by atoms with Crippen LogP contribution in [-0.2, 0) is 19.6 Å². The molecule has 0 bridgehead atoms. The van der Waals surface area contributed by atoms with Crippen LogP contribution in [0.1, 0.15) is 0 Å². The zero-order valence-electron chi connectivity index (χ0n) is 13.6. The number of halogens is 2. The van der Waals surface area contributed by atoms with E-state index in [1.807, 2.05) is 0 Å². The summed E-state index contributed by atoms with van der Waals surface area (Å²) in [5, 5.41) is 0.118. The van der Waals surface area contributed by atoms with E-state index in [4.69, 9.17) is 16.3 Å². The SMILES string of the molecule is O=C1COC(CNS(=O)(=O)c2ccccc2Cl)CN1c1ccc(F)cc1. The fraction of sp³-hybridized carbons (Fsp3) is 0.235. The number of morpholine rings is 1. The summed E-state index contributed by atoms with van der Waals surface area (Å²) in [4.78, 5) is 13.5. The van der Waals surface area contributed by atoms with E-state index in [9.17, 15) is 17.6 Å². The summed E-state index contributed by atoms with van der Waals surface area (Å²) in [7, 11) is -3.81. The number of ether oxygens (including phenoxy) is 1. The predicted octanol–water partition coefficient (Wildman–Crippen LogP) is 2.19. The molecular weight excluding hydrogens is 383 g/mol. The Morgan fingerprint density at radius 3 is 2.58 bits per heavy atom. The molecule has 1 fully saturated rings. The number of amides is 1. The molecule has 0 saturated carbocycles. The maximum absolute atomic E-state index is 13.1. The van der Waals surface area contributed by atoms with Crippen molar-refractivity contribution in [3.05, 3.63) is 59.4 Å². The molecule has 1 saturated heterocycles. The summed E-state index contributed by atoms with van der Waals surface area (Å²) in [5.41, 5.74) is 0.527. The summed E-state index contributed by atoms with van der Waals surface area (Å²) in [6.07, 6.45) is -0.546. The fourth-order valence-corrected chi connectivity index (χ4v) is 4.15. The molecule has 2 aromatic rings. The Kier molecular flexibility index (Phi) is 5.57. The topological polar surface area (TPSA) is 75.7 Å². The molecule has 1 aliphatic heterocycles. The molecule has 0 spiro atoms. The molecule has 1 N–H and O–H groups in total. The quantitative estimate of drug-likeness (QED) is 0.837. The van der Waals surface area contributed by atoms with Gasteiger partial charge < -0.3 is 9.64 Å². The molecule has 1 unspecified atom stereocenters. The number of carbonyl (C=O) groups is 1. The van der Waals surface area contributed by atoms with E-state index in [0.717, 1.165) is 0 Å². The van der Waals surface area contributed by atoms with Crippen LogP contribution < -0.4 is 9.62 Å². The van der Waals surface area contributed by atoms with Crippen LogP contribution >= 0.6 is 11.6 Å². The third-order valence-corrected chi connectivity index (χ3v) is 5.82. The van der Waals surface area contributed by atoms with E-state index in [0.29, 0.717) is 5.69 Å². The van der Waals surface area contributed by atoms with E-state index >= 15 is 0 Å². The molecule has 1 heterocycles. The first-order valence-corrected chi connectivity index (χ1v) is 9.64. The van der Waals surface area contributed by atoms with E-state index in [2.05, 4.69) is 4.72 Å². The van der Waals surface area contributed by atoms with Gasteiger partial charge in [0.1, 0.15) is 17.3 Å². The van der Waals surface area contributed by atoms with Crippen molar-refractivity contribution in [2.24, 2.45) is 0 Å². The van der Waals surface area contributed by atoms with E-state index in [1.165, 1.54) is 41.3 Å². The third-order valence-electron chi connectivity index (χ3n) is 3.90. The highest BCUT2D eigenvalue weighted by molar-refractivity contribution is 7.89. The molecule has 1 amide bonds. The predicted molar refractivity (Wildman–Crippen MR) is 95.1 cm³/mol. The van der Waals surface area contributed by atoms with Crippen LogP contribution in [0.3, 0.4) is 0 Å². The van der Waals surface area contributed by atoms with Crippen molar-refractivity contribution in [1.82, 2.24) is 4.72 Å². The van der Waals surface area contributed by atoms with Gasteiger partial charge >= 0.3 is 0 Å². The lowest BCUT2D eigenvalue weighted by Crippen LogP contribution is -2.50. The molecule has 1 atom stereocenters. The molecule has 1 aliphatic rings. The molecule has 3 rings (SSSR count). The lowest BCUT2D eigenvalue weighted by molar-refractivity contribution is -0.129. The first-order chi connectivity index (χ1) is 12.4. The fourth-order valence-electron chi connectivity index (χ4n) is 2.56. The van der Waals surface area contributed by atoms with E-state index in [-0.39, 0.29) is 35.5 Å². The van der Waals surface area contributed by atoms with Crippen LogP contribution in [0.5, 0.6) is 0 Å². The van der Waals surface area contributed by atoms with Gasteiger partial charge in [-0.2, -0.15) is 0 Å². The van der Waals surface area contributed by atoms with Crippen molar-refractivity contribution in [3.8, 4) is 0 Å². The van der Waals surface area contributed by atoms with Gasteiger partial charge in [-0.05, 0) is 36.4 Å². The van der Waals surface area contributed by atoms with Gasteiger partial charge in [-0.1, -0.05) is 23.7 Å². The summed E-state index contributed by atoms with van der Waals surface area (Å²) < 4.78 is 45.7. The highest BCUT2D eigenvalue weighted by atomic mass is 35.5. The van der Waals surface area contributed by atoms with Crippen molar-refractivity contribution < 1.29 is 22.3 Å². The number of carbonyl (C=O) groups excluding carboxylic acids is 1. The van der Waals surface area contributed by atoms with Gasteiger partial charge in [-0.15, -0.1) is 0 Å². The third kappa shape index (κ3) is 4.21. The molecule has 6 nitrogen and oxygen atoms in total. The van der Waals surface area contributed by atoms with Crippen LogP contribution in [0.15, 0.2) is 53.4 Å². The number of nitrogens with zero attached hydrogens (tertiary/aromatic N) is 1. The molecule has 0 aliphatic carbocycles. The van der Waals surface area contributed by atoms with Crippen molar-refractivity contribution in [2.45, 2.75) is 11.0 Å². The van der Waals surface area contributed by atoms with Crippen molar-refractivity contribution >= 4 is 33.2 Å². The largest absolute Gasteiger partial charge is 0.365 e. The molecule has 0 radical (unpaired) electrons. The van der Waals surface area contributed by atoms with Crippen LogP contribution in [0.2, 0.25) is 5.02 Å². The van der Waals surface area contributed by atoms with Gasteiger partial charge in [0.05, 0.1) is 17.7 Å². The smallest absolute Gasteiger partial charge is 0.253 e. The Labute approximate surface area is 155 Å². The van der Waals surface area contributed by atoms with E-state index < -0.39 is 21.9 Å². The van der Waals surface area contributed by atoms with Gasteiger partial charge in [-0.25, -0.2) is 17.5 Å². The van der Waals surface area contributed by atoms with Gasteiger partial charge in [-0.3, -0.25) is 4.79 Å². The highest BCUT2D eigenvalue weighted by Crippen LogP contribution is 2.21. The summed E-state index contributed by atoms with van der Waals surface area (Å²) in [6.45, 7) is -0.0656. The number of benzene rings is 2. The Morgan fingerprint density at radius 1 is 1.19 bits per heavy atom. The number of nitrogens with one attached hydrogen (secondary N) is 1.